The lowest BCUT2D eigenvalue weighted by Crippen LogP contribution is -2.21. The predicted octanol–water partition coefficient (Wildman–Crippen LogP) is 1.91. The van der Waals surface area contributed by atoms with E-state index in [0.29, 0.717) is 22.3 Å². The summed E-state index contributed by atoms with van der Waals surface area (Å²) in [6.45, 7) is 1.40. The van der Waals surface area contributed by atoms with E-state index in [1.807, 2.05) is 0 Å². The molecule has 4 rings (SSSR count). The topological polar surface area (TPSA) is 132 Å². The quantitative estimate of drug-likeness (QED) is 0.485. The van der Waals surface area contributed by atoms with Gasteiger partial charge < -0.3 is 16.0 Å². The Bertz CT molecular complexity index is 1300. The van der Waals surface area contributed by atoms with Crippen LogP contribution in [0.3, 0.4) is 0 Å². The van der Waals surface area contributed by atoms with Crippen LogP contribution in [-0.4, -0.2) is 30.6 Å². The molecule has 0 aliphatic heterocycles. The molecule has 0 saturated heterocycles. The summed E-state index contributed by atoms with van der Waals surface area (Å²) in [6, 6.07) is 9.85. The minimum atomic E-state index is -0.608. The number of pyridine rings is 1. The van der Waals surface area contributed by atoms with Gasteiger partial charge in [-0.3, -0.25) is 9.59 Å². The maximum Gasteiger partial charge on any atom is 0.277 e. The third-order valence-corrected chi connectivity index (χ3v) is 4.26. The first-order valence-electron chi connectivity index (χ1n) is 8.66. The first-order valence-corrected chi connectivity index (χ1v) is 8.66. The second kappa shape index (κ2) is 7.15. The fraction of sp³-hybridized carbons (Fsp3) is 0.105. The van der Waals surface area contributed by atoms with E-state index >= 15 is 0 Å². The van der Waals surface area contributed by atoms with Crippen LogP contribution < -0.4 is 16.6 Å². The number of nitrogens with one attached hydrogen (secondary N) is 2. The molecule has 10 heteroatoms. The number of fused-ring (bicyclic) bond motifs is 1. The smallest absolute Gasteiger partial charge is 0.277 e. The van der Waals surface area contributed by atoms with Gasteiger partial charge in [-0.2, -0.15) is 5.10 Å². The Labute approximate surface area is 163 Å². The highest BCUT2D eigenvalue weighted by Crippen LogP contribution is 2.26. The molecule has 1 amide bonds. The van der Waals surface area contributed by atoms with Crippen LogP contribution in [0, 0.1) is 5.82 Å². The lowest BCUT2D eigenvalue weighted by atomic mass is 10.2. The van der Waals surface area contributed by atoms with Crippen molar-refractivity contribution in [2.45, 2.75) is 13.5 Å². The summed E-state index contributed by atoms with van der Waals surface area (Å²) in [6.07, 6.45) is 1.59. The Hall–Kier alpha value is -4.08. The van der Waals surface area contributed by atoms with Crippen LogP contribution in [-0.2, 0) is 11.3 Å². The average molecular weight is 393 g/mol. The van der Waals surface area contributed by atoms with E-state index in [4.69, 9.17) is 5.73 Å². The first kappa shape index (κ1) is 18.3. The van der Waals surface area contributed by atoms with Crippen molar-refractivity contribution >= 4 is 28.4 Å². The van der Waals surface area contributed by atoms with Crippen molar-refractivity contribution in [2.75, 3.05) is 11.1 Å². The van der Waals surface area contributed by atoms with Gasteiger partial charge in [0.1, 0.15) is 17.2 Å². The van der Waals surface area contributed by atoms with Gasteiger partial charge in [-0.1, -0.05) is 18.2 Å². The van der Waals surface area contributed by atoms with Crippen molar-refractivity contribution in [3.63, 3.8) is 0 Å². The molecule has 0 aliphatic rings. The Balaban J connectivity index is 1.84. The number of nitrogens with zero attached hydrogens (tertiary/aromatic N) is 4. The van der Waals surface area contributed by atoms with Gasteiger partial charge in [-0.15, -0.1) is 0 Å². The van der Waals surface area contributed by atoms with Gasteiger partial charge in [0.15, 0.2) is 17.3 Å². The van der Waals surface area contributed by atoms with Gasteiger partial charge in [-0.05, 0) is 18.2 Å². The van der Waals surface area contributed by atoms with Crippen molar-refractivity contribution in [3.05, 3.63) is 64.3 Å². The van der Waals surface area contributed by atoms with Gasteiger partial charge >= 0.3 is 0 Å². The number of carbonyl (C=O) groups excluding carboxylic acids is 1. The number of aromatic amines is 1. The lowest BCUT2D eigenvalue weighted by Gasteiger charge is -2.06. The Morgan fingerprint density at radius 2 is 2.07 bits per heavy atom. The van der Waals surface area contributed by atoms with E-state index in [9.17, 15) is 14.0 Å². The third-order valence-electron chi connectivity index (χ3n) is 4.26. The molecule has 0 unspecified atom stereocenters. The van der Waals surface area contributed by atoms with E-state index in [0.717, 1.165) is 0 Å². The molecule has 0 bridgehead atoms. The van der Waals surface area contributed by atoms with Gasteiger partial charge in [0.25, 0.3) is 5.56 Å². The molecule has 4 aromatic rings. The Morgan fingerprint density at radius 1 is 1.28 bits per heavy atom. The molecular formula is C19H16FN7O2. The highest BCUT2D eigenvalue weighted by Gasteiger charge is 2.18. The molecule has 9 nitrogen and oxygen atoms in total. The van der Waals surface area contributed by atoms with Crippen molar-refractivity contribution in [3.8, 4) is 11.5 Å². The molecule has 0 saturated carbocycles. The Kier molecular flexibility index (Phi) is 4.51. The molecule has 0 atom stereocenters. The number of benzene rings is 1. The number of aromatic nitrogens is 5. The fourth-order valence-electron chi connectivity index (χ4n) is 2.98. The fourth-order valence-corrected chi connectivity index (χ4v) is 2.98. The van der Waals surface area contributed by atoms with Crippen LogP contribution >= 0.6 is 0 Å². The lowest BCUT2D eigenvalue weighted by molar-refractivity contribution is -0.114. The maximum atomic E-state index is 14.1. The molecule has 1 aromatic carbocycles. The molecule has 146 valence electrons. The second-order valence-corrected chi connectivity index (χ2v) is 6.33. The Morgan fingerprint density at radius 3 is 2.79 bits per heavy atom. The second-order valence-electron chi connectivity index (χ2n) is 6.33. The van der Waals surface area contributed by atoms with Crippen molar-refractivity contribution in [1.82, 2.24) is 24.7 Å². The zero-order valence-electron chi connectivity index (χ0n) is 15.3. The normalized spacial score (nSPS) is 11.0. The summed E-state index contributed by atoms with van der Waals surface area (Å²) >= 11 is 0. The zero-order valence-corrected chi connectivity index (χ0v) is 15.3. The van der Waals surface area contributed by atoms with E-state index in [2.05, 4.69) is 25.4 Å². The first-order chi connectivity index (χ1) is 13.9. The van der Waals surface area contributed by atoms with Crippen LogP contribution in [0.25, 0.3) is 22.6 Å². The van der Waals surface area contributed by atoms with Gasteiger partial charge in [-0.25, -0.2) is 19.0 Å². The van der Waals surface area contributed by atoms with Crippen molar-refractivity contribution in [1.29, 1.82) is 0 Å². The summed E-state index contributed by atoms with van der Waals surface area (Å²) in [4.78, 5) is 34.7. The molecule has 4 N–H and O–H groups in total. The number of amides is 1. The number of hydrogen-bond acceptors (Lipinski definition) is 6. The summed E-state index contributed by atoms with van der Waals surface area (Å²) < 4.78 is 15.6. The molecule has 0 aliphatic carbocycles. The monoisotopic (exact) mass is 393 g/mol. The average Bonchev–Trinajstić information content (AvgIpc) is 3.05. The number of hydrogen-bond donors (Lipinski definition) is 3. The van der Waals surface area contributed by atoms with E-state index in [1.54, 1.807) is 36.5 Å². The SMILES string of the molecule is CC(=O)Nc1c(N)nc(-c2nn(Cc3ccccc3F)c3ncccc23)[nH]c1=O. The number of rotatable bonds is 4. The summed E-state index contributed by atoms with van der Waals surface area (Å²) in [5, 5.41) is 7.44. The summed E-state index contributed by atoms with van der Waals surface area (Å²) in [5.74, 6) is -0.823. The predicted molar refractivity (Wildman–Crippen MR) is 106 cm³/mol. The molecule has 0 fully saturated rings. The standard InChI is InChI=1S/C19H16FN7O2/c1-10(28)23-15-16(21)24-17(25-19(15)29)14-12-6-4-8-22-18(12)27(26-14)9-11-5-2-3-7-13(11)20/h2-8H,9H2,1H3,(H,23,28)(H3,21,24,25,29). The number of nitrogen functional groups attached to an aromatic ring is 1. The van der Waals surface area contributed by atoms with Gasteiger partial charge in [0.05, 0.1) is 11.9 Å². The summed E-state index contributed by atoms with van der Waals surface area (Å²) in [7, 11) is 0. The highest BCUT2D eigenvalue weighted by atomic mass is 19.1. The zero-order chi connectivity index (χ0) is 20.5. The minimum Gasteiger partial charge on any atom is -0.382 e. The van der Waals surface area contributed by atoms with Crippen LogP contribution in [0.4, 0.5) is 15.9 Å². The molecule has 0 spiro atoms. The van der Waals surface area contributed by atoms with E-state index in [1.165, 1.54) is 17.7 Å². The minimum absolute atomic E-state index is 0.117. The van der Waals surface area contributed by atoms with E-state index in [-0.39, 0.29) is 29.7 Å². The largest absolute Gasteiger partial charge is 0.382 e. The van der Waals surface area contributed by atoms with Gasteiger partial charge in [0, 0.05) is 18.7 Å². The number of H-pyrrole nitrogens is 1. The molecule has 3 heterocycles. The van der Waals surface area contributed by atoms with Crippen LogP contribution in [0.2, 0.25) is 0 Å². The number of carbonyl (C=O) groups is 1. The number of nitrogens with two attached hydrogens (primary N) is 1. The molecule has 3 aromatic heterocycles. The number of halogens is 1. The molecule has 29 heavy (non-hydrogen) atoms. The van der Waals surface area contributed by atoms with E-state index < -0.39 is 11.5 Å². The van der Waals surface area contributed by atoms with Crippen molar-refractivity contribution < 1.29 is 9.18 Å². The third kappa shape index (κ3) is 3.43. The van der Waals surface area contributed by atoms with Crippen LogP contribution in [0.1, 0.15) is 12.5 Å². The van der Waals surface area contributed by atoms with Crippen LogP contribution in [0.15, 0.2) is 47.4 Å². The number of anilines is 2. The van der Waals surface area contributed by atoms with Crippen LogP contribution in [0.5, 0.6) is 0 Å². The molecule has 0 radical (unpaired) electrons. The molecular weight excluding hydrogens is 377 g/mol. The van der Waals surface area contributed by atoms with Crippen molar-refractivity contribution in [2.24, 2.45) is 0 Å². The highest BCUT2D eigenvalue weighted by molar-refractivity contribution is 5.92. The van der Waals surface area contributed by atoms with Gasteiger partial charge in [0.2, 0.25) is 5.91 Å². The summed E-state index contributed by atoms with van der Waals surface area (Å²) in [5.41, 5.74) is 6.39. The maximum absolute atomic E-state index is 14.1.